The second kappa shape index (κ2) is 5.68. The van der Waals surface area contributed by atoms with Gasteiger partial charge in [0.2, 0.25) is 5.91 Å². The van der Waals surface area contributed by atoms with E-state index in [1.165, 1.54) is 18.2 Å². The first-order valence-electron chi connectivity index (χ1n) is 5.65. The molecule has 0 spiro atoms. The molecule has 106 valence electrons. The highest BCUT2D eigenvalue weighted by Crippen LogP contribution is 2.21. The summed E-state index contributed by atoms with van der Waals surface area (Å²) in [6.07, 6.45) is -0.197. The van der Waals surface area contributed by atoms with Crippen molar-refractivity contribution in [3.05, 3.63) is 33.8 Å². The number of benzene rings is 1. The van der Waals surface area contributed by atoms with Crippen molar-refractivity contribution in [1.82, 2.24) is 10.4 Å². The number of hydrogen-bond donors (Lipinski definition) is 1. The minimum atomic E-state index is -1.32. The van der Waals surface area contributed by atoms with E-state index in [2.05, 4.69) is 5.43 Å². The third kappa shape index (κ3) is 3.02. The maximum atomic E-state index is 12.0. The molecule has 0 aromatic heterocycles. The van der Waals surface area contributed by atoms with Crippen LogP contribution in [0, 0.1) is 5.92 Å². The van der Waals surface area contributed by atoms with Crippen molar-refractivity contribution in [2.45, 2.75) is 6.42 Å². The van der Waals surface area contributed by atoms with Crippen LogP contribution in [0.1, 0.15) is 16.8 Å². The third-order valence-electron chi connectivity index (χ3n) is 2.87. The van der Waals surface area contributed by atoms with Crippen LogP contribution in [-0.4, -0.2) is 29.3 Å². The molecule has 20 heavy (non-hydrogen) atoms. The summed E-state index contributed by atoms with van der Waals surface area (Å²) in [6.45, 7) is -0.127. The van der Waals surface area contributed by atoms with E-state index in [1.54, 1.807) is 0 Å². The summed E-state index contributed by atoms with van der Waals surface area (Å²) < 4.78 is 0. The van der Waals surface area contributed by atoms with Crippen LogP contribution in [0.5, 0.6) is 0 Å². The van der Waals surface area contributed by atoms with E-state index in [4.69, 9.17) is 23.2 Å². The molecule has 6 nitrogen and oxygen atoms in total. The number of rotatable bonds is 3. The molecule has 1 aliphatic rings. The lowest BCUT2D eigenvalue weighted by Crippen LogP contribution is -2.44. The monoisotopic (exact) mass is 315 g/mol. The zero-order valence-electron chi connectivity index (χ0n) is 10.1. The fraction of sp³-hybridized carbons (Fsp3) is 0.250. The molecule has 1 N–H and O–H groups in total. The maximum Gasteiger partial charge on any atom is 0.271 e. The Kier molecular flexibility index (Phi) is 4.15. The van der Waals surface area contributed by atoms with Gasteiger partial charge >= 0.3 is 0 Å². The van der Waals surface area contributed by atoms with Gasteiger partial charge in [-0.05, 0) is 18.2 Å². The van der Waals surface area contributed by atoms with Crippen LogP contribution in [-0.2, 0) is 9.59 Å². The van der Waals surface area contributed by atoms with Crippen LogP contribution in [0.3, 0.4) is 0 Å². The molecule has 0 aliphatic carbocycles. The normalized spacial score (nSPS) is 18.2. The van der Waals surface area contributed by atoms with E-state index < -0.39 is 23.7 Å². The predicted molar refractivity (Wildman–Crippen MR) is 68.8 cm³/mol. The number of hydrogen-bond acceptors (Lipinski definition) is 4. The van der Waals surface area contributed by atoms with Gasteiger partial charge in [-0.1, -0.05) is 23.2 Å². The van der Waals surface area contributed by atoms with Crippen molar-refractivity contribution in [3.63, 3.8) is 0 Å². The van der Waals surface area contributed by atoms with Crippen molar-refractivity contribution >= 4 is 41.0 Å². The highest BCUT2D eigenvalue weighted by Gasteiger charge is 2.32. The van der Waals surface area contributed by atoms with E-state index in [0.29, 0.717) is 5.02 Å². The van der Waals surface area contributed by atoms with Gasteiger partial charge in [-0.15, -0.1) is 0 Å². The molecule has 1 aliphatic heterocycles. The Morgan fingerprint density at radius 1 is 1.35 bits per heavy atom. The standard InChI is InChI=1S/C12H10Cl2N2O4/c13-7-1-2-8(9(14)4-7)11(18)15-16-5-6(12(19)20)3-10(16)17/h1-2,4,6H,3,5H2,(H,15,18)(H,19,20)/p-1/t6-/m1/s1. The Morgan fingerprint density at radius 2 is 2.05 bits per heavy atom. The fourth-order valence-corrected chi connectivity index (χ4v) is 2.32. The Balaban J connectivity index is 2.08. The van der Waals surface area contributed by atoms with E-state index in [-0.39, 0.29) is 23.6 Å². The molecular weight excluding hydrogens is 307 g/mol. The van der Waals surface area contributed by atoms with E-state index in [1.807, 2.05) is 0 Å². The Morgan fingerprint density at radius 3 is 2.60 bits per heavy atom. The number of nitrogens with one attached hydrogen (secondary N) is 1. The Hall–Kier alpha value is -1.79. The molecule has 0 bridgehead atoms. The molecule has 1 atom stereocenters. The molecule has 1 heterocycles. The number of nitrogens with zero attached hydrogens (tertiary/aromatic N) is 1. The molecule has 1 aromatic carbocycles. The molecular formula is C12H9Cl2N2O4-. The van der Waals surface area contributed by atoms with Crippen LogP contribution < -0.4 is 10.5 Å². The number of carboxylic acid groups (broad SMARTS) is 1. The topological polar surface area (TPSA) is 89.5 Å². The van der Waals surface area contributed by atoms with Crippen LogP contribution in [0.25, 0.3) is 0 Å². The number of carbonyl (C=O) groups excluding carboxylic acids is 3. The van der Waals surface area contributed by atoms with Crippen LogP contribution in [0.15, 0.2) is 18.2 Å². The molecule has 1 saturated heterocycles. The molecule has 0 saturated carbocycles. The summed E-state index contributed by atoms with van der Waals surface area (Å²) in [5.74, 6) is -3.35. The zero-order chi connectivity index (χ0) is 14.9. The Bertz CT molecular complexity index is 591. The number of carboxylic acids is 1. The number of halogens is 2. The highest BCUT2D eigenvalue weighted by molar-refractivity contribution is 6.36. The second-order valence-corrected chi connectivity index (χ2v) is 5.13. The average Bonchev–Trinajstić information content (AvgIpc) is 2.71. The van der Waals surface area contributed by atoms with Gasteiger partial charge in [-0.3, -0.25) is 20.0 Å². The van der Waals surface area contributed by atoms with Crippen molar-refractivity contribution in [1.29, 1.82) is 0 Å². The summed E-state index contributed by atoms with van der Waals surface area (Å²) in [4.78, 5) is 34.2. The lowest BCUT2D eigenvalue weighted by molar-refractivity contribution is -0.311. The largest absolute Gasteiger partial charge is 0.550 e. The SMILES string of the molecule is O=C(NN1C[C@H](C(=O)[O-])CC1=O)c1ccc(Cl)cc1Cl. The van der Waals surface area contributed by atoms with Crippen LogP contribution in [0.4, 0.5) is 0 Å². The average molecular weight is 316 g/mol. The zero-order valence-corrected chi connectivity index (χ0v) is 11.6. The van der Waals surface area contributed by atoms with Gasteiger partial charge in [0.05, 0.1) is 17.1 Å². The minimum absolute atomic E-state index is 0.127. The molecule has 2 amide bonds. The minimum Gasteiger partial charge on any atom is -0.550 e. The lowest BCUT2D eigenvalue weighted by Gasteiger charge is -2.18. The van der Waals surface area contributed by atoms with E-state index >= 15 is 0 Å². The van der Waals surface area contributed by atoms with E-state index in [9.17, 15) is 19.5 Å². The van der Waals surface area contributed by atoms with Crippen molar-refractivity contribution in [2.24, 2.45) is 5.92 Å². The van der Waals surface area contributed by atoms with Crippen molar-refractivity contribution < 1.29 is 19.5 Å². The fourth-order valence-electron chi connectivity index (χ4n) is 1.83. The third-order valence-corrected chi connectivity index (χ3v) is 3.42. The highest BCUT2D eigenvalue weighted by atomic mass is 35.5. The van der Waals surface area contributed by atoms with Crippen molar-refractivity contribution in [2.75, 3.05) is 6.54 Å². The molecule has 8 heteroatoms. The molecule has 0 unspecified atom stereocenters. The quantitative estimate of drug-likeness (QED) is 0.865. The van der Waals surface area contributed by atoms with Gasteiger partial charge in [0.15, 0.2) is 0 Å². The molecule has 1 aromatic rings. The van der Waals surface area contributed by atoms with Gasteiger partial charge in [-0.2, -0.15) is 0 Å². The lowest BCUT2D eigenvalue weighted by atomic mass is 10.1. The predicted octanol–water partition coefficient (Wildman–Crippen LogP) is 0.237. The number of hydrazine groups is 1. The van der Waals surface area contributed by atoms with Gasteiger partial charge in [0, 0.05) is 23.3 Å². The van der Waals surface area contributed by atoms with E-state index in [0.717, 1.165) is 5.01 Å². The summed E-state index contributed by atoms with van der Waals surface area (Å²) >= 11 is 11.6. The molecule has 2 rings (SSSR count). The smallest absolute Gasteiger partial charge is 0.271 e. The van der Waals surface area contributed by atoms with Crippen LogP contribution >= 0.6 is 23.2 Å². The van der Waals surface area contributed by atoms with Gasteiger partial charge in [-0.25, -0.2) is 0 Å². The molecule has 1 fully saturated rings. The maximum absolute atomic E-state index is 12.0. The number of amides is 2. The van der Waals surface area contributed by atoms with Gasteiger partial charge in [0.1, 0.15) is 0 Å². The number of aliphatic carboxylic acids is 1. The summed E-state index contributed by atoms with van der Waals surface area (Å²) in [6, 6.07) is 4.29. The second-order valence-electron chi connectivity index (χ2n) is 4.29. The summed E-state index contributed by atoms with van der Waals surface area (Å²) in [5.41, 5.74) is 2.46. The summed E-state index contributed by atoms with van der Waals surface area (Å²) in [7, 11) is 0. The first-order valence-corrected chi connectivity index (χ1v) is 6.41. The number of carbonyl (C=O) groups is 3. The van der Waals surface area contributed by atoms with Gasteiger partial charge in [0.25, 0.3) is 5.91 Å². The molecule has 0 radical (unpaired) electrons. The Labute approximate surface area is 124 Å². The van der Waals surface area contributed by atoms with Crippen molar-refractivity contribution in [3.8, 4) is 0 Å². The first kappa shape index (κ1) is 14.6. The van der Waals surface area contributed by atoms with Gasteiger partial charge < -0.3 is 9.90 Å². The first-order chi connectivity index (χ1) is 9.38. The van der Waals surface area contributed by atoms with Crippen LogP contribution in [0.2, 0.25) is 10.0 Å². The summed E-state index contributed by atoms with van der Waals surface area (Å²) in [5, 5.41) is 12.2.